The molecule has 1 aromatic carbocycles. The molecule has 4 saturated carbocycles. The number of rotatable bonds is 3. The zero-order chi connectivity index (χ0) is 15.4. The van der Waals surface area contributed by atoms with Gasteiger partial charge in [-0.25, -0.2) is 0 Å². The van der Waals surface area contributed by atoms with Crippen LogP contribution in [0.5, 0.6) is 0 Å². The third-order valence-corrected chi connectivity index (χ3v) is 6.09. The summed E-state index contributed by atoms with van der Waals surface area (Å²) in [6.07, 6.45) is 5.67. The first-order valence-corrected chi connectivity index (χ1v) is 8.53. The van der Waals surface area contributed by atoms with Gasteiger partial charge in [0.2, 0.25) is 5.91 Å². The fourth-order valence-electron chi connectivity index (χ4n) is 5.56. The van der Waals surface area contributed by atoms with Crippen LogP contribution in [0.15, 0.2) is 24.3 Å². The van der Waals surface area contributed by atoms with Crippen molar-refractivity contribution in [3.8, 4) is 0 Å². The SMILES string of the molecule is Cc1ccc(CNC(=O)C23C[C@@H]4C[C@@H](CC(O)(C4)C2)C3)cc1. The summed E-state index contributed by atoms with van der Waals surface area (Å²) in [6, 6.07) is 8.30. The molecule has 0 heterocycles. The zero-order valence-corrected chi connectivity index (χ0v) is 13.3. The summed E-state index contributed by atoms with van der Waals surface area (Å²) >= 11 is 0. The number of carbonyl (C=O) groups is 1. The maximum absolute atomic E-state index is 12.9. The predicted octanol–water partition coefficient (Wildman–Crippen LogP) is 2.94. The highest BCUT2D eigenvalue weighted by Gasteiger charge is 2.59. The van der Waals surface area contributed by atoms with Gasteiger partial charge in [0.05, 0.1) is 11.0 Å². The molecule has 0 spiro atoms. The standard InChI is InChI=1S/C19H25NO2/c1-13-2-4-14(5-3-13)11-20-17(21)18-7-15-6-16(8-18)10-19(22,9-15)12-18/h2-5,15-16,22H,6-12H2,1H3,(H,20,21)/t15-,16+,18?,19?. The lowest BCUT2D eigenvalue weighted by Crippen LogP contribution is -2.60. The van der Waals surface area contributed by atoms with Gasteiger partial charge in [0.25, 0.3) is 0 Å². The number of aliphatic hydroxyl groups is 1. The van der Waals surface area contributed by atoms with E-state index in [0.717, 1.165) is 31.2 Å². The van der Waals surface area contributed by atoms with Crippen LogP contribution in [0.25, 0.3) is 0 Å². The molecule has 4 aliphatic carbocycles. The number of hydrogen-bond donors (Lipinski definition) is 2. The van der Waals surface area contributed by atoms with Gasteiger partial charge in [0, 0.05) is 6.54 Å². The molecule has 5 rings (SSSR count). The lowest BCUT2D eigenvalue weighted by Gasteiger charge is -2.59. The first-order valence-electron chi connectivity index (χ1n) is 8.53. The quantitative estimate of drug-likeness (QED) is 0.901. The largest absolute Gasteiger partial charge is 0.390 e. The maximum atomic E-state index is 12.9. The van der Waals surface area contributed by atoms with Crippen LogP contribution in [-0.2, 0) is 11.3 Å². The molecule has 2 N–H and O–H groups in total. The van der Waals surface area contributed by atoms with E-state index in [9.17, 15) is 9.90 Å². The highest BCUT2D eigenvalue weighted by molar-refractivity contribution is 5.83. The Morgan fingerprint density at radius 2 is 1.82 bits per heavy atom. The highest BCUT2D eigenvalue weighted by atomic mass is 16.3. The monoisotopic (exact) mass is 299 g/mol. The van der Waals surface area contributed by atoms with Crippen LogP contribution >= 0.6 is 0 Å². The Labute approximate surface area is 132 Å². The molecule has 4 bridgehead atoms. The first kappa shape index (κ1) is 14.3. The van der Waals surface area contributed by atoms with Gasteiger partial charge in [0.1, 0.15) is 0 Å². The molecular weight excluding hydrogens is 274 g/mol. The van der Waals surface area contributed by atoms with Crippen LogP contribution in [0.4, 0.5) is 0 Å². The third kappa shape index (κ3) is 2.36. The van der Waals surface area contributed by atoms with Gasteiger partial charge in [-0.3, -0.25) is 4.79 Å². The van der Waals surface area contributed by atoms with Crippen LogP contribution in [0.2, 0.25) is 0 Å². The van der Waals surface area contributed by atoms with Crippen molar-refractivity contribution in [3.05, 3.63) is 35.4 Å². The fraction of sp³-hybridized carbons (Fsp3) is 0.632. The van der Waals surface area contributed by atoms with E-state index in [0.29, 0.717) is 24.8 Å². The molecule has 1 aromatic rings. The van der Waals surface area contributed by atoms with Crippen molar-refractivity contribution in [2.24, 2.45) is 17.3 Å². The summed E-state index contributed by atoms with van der Waals surface area (Å²) in [4.78, 5) is 12.9. The minimum Gasteiger partial charge on any atom is -0.390 e. The number of carbonyl (C=O) groups excluding carboxylic acids is 1. The van der Waals surface area contributed by atoms with Gasteiger partial charge in [-0.2, -0.15) is 0 Å². The summed E-state index contributed by atoms with van der Waals surface area (Å²) < 4.78 is 0. The Morgan fingerprint density at radius 3 is 2.41 bits per heavy atom. The van der Waals surface area contributed by atoms with Crippen LogP contribution < -0.4 is 5.32 Å². The summed E-state index contributed by atoms with van der Waals surface area (Å²) in [7, 11) is 0. The molecule has 4 aliphatic rings. The molecule has 1 amide bonds. The van der Waals surface area contributed by atoms with Crippen molar-refractivity contribution < 1.29 is 9.90 Å². The van der Waals surface area contributed by atoms with Gasteiger partial charge in [-0.05, 0) is 62.8 Å². The van der Waals surface area contributed by atoms with Gasteiger partial charge >= 0.3 is 0 Å². The Balaban J connectivity index is 1.47. The topological polar surface area (TPSA) is 49.3 Å². The summed E-state index contributed by atoms with van der Waals surface area (Å²) in [5.41, 5.74) is 1.51. The number of hydrogen-bond acceptors (Lipinski definition) is 2. The number of benzene rings is 1. The molecule has 0 radical (unpaired) electrons. The predicted molar refractivity (Wildman–Crippen MR) is 85.1 cm³/mol. The molecule has 4 fully saturated rings. The summed E-state index contributed by atoms with van der Waals surface area (Å²) in [6.45, 7) is 2.66. The van der Waals surface area contributed by atoms with E-state index in [1.54, 1.807) is 0 Å². The highest BCUT2D eigenvalue weighted by Crippen LogP contribution is 2.61. The van der Waals surface area contributed by atoms with Gasteiger partial charge in [-0.1, -0.05) is 29.8 Å². The van der Waals surface area contributed by atoms with E-state index in [-0.39, 0.29) is 11.3 Å². The number of nitrogens with one attached hydrogen (secondary N) is 1. The van der Waals surface area contributed by atoms with Gasteiger partial charge in [-0.15, -0.1) is 0 Å². The molecule has 3 heteroatoms. The molecule has 4 atom stereocenters. The van der Waals surface area contributed by atoms with Gasteiger partial charge in [0.15, 0.2) is 0 Å². The van der Waals surface area contributed by atoms with E-state index in [4.69, 9.17) is 0 Å². The van der Waals surface area contributed by atoms with Crippen LogP contribution in [0.3, 0.4) is 0 Å². The van der Waals surface area contributed by atoms with Crippen molar-refractivity contribution in [2.75, 3.05) is 0 Å². The van der Waals surface area contributed by atoms with Crippen LogP contribution in [0, 0.1) is 24.2 Å². The zero-order valence-electron chi connectivity index (χ0n) is 13.3. The Bertz CT molecular complexity index is 578. The smallest absolute Gasteiger partial charge is 0.226 e. The van der Waals surface area contributed by atoms with E-state index < -0.39 is 5.60 Å². The van der Waals surface area contributed by atoms with Crippen molar-refractivity contribution in [3.63, 3.8) is 0 Å². The second-order valence-electron chi connectivity index (χ2n) is 8.13. The van der Waals surface area contributed by atoms with E-state index in [2.05, 4.69) is 36.5 Å². The minimum absolute atomic E-state index is 0.167. The molecule has 0 aliphatic heterocycles. The van der Waals surface area contributed by atoms with Crippen molar-refractivity contribution >= 4 is 5.91 Å². The van der Waals surface area contributed by atoms with E-state index in [1.165, 1.54) is 12.0 Å². The Kier molecular flexibility index (Phi) is 3.12. The van der Waals surface area contributed by atoms with Crippen LogP contribution in [0.1, 0.15) is 49.7 Å². The molecule has 2 unspecified atom stereocenters. The molecule has 0 aromatic heterocycles. The second-order valence-corrected chi connectivity index (χ2v) is 8.13. The number of aryl methyl sites for hydroxylation is 1. The lowest BCUT2D eigenvalue weighted by atomic mass is 9.47. The number of amides is 1. The van der Waals surface area contributed by atoms with E-state index >= 15 is 0 Å². The molecular formula is C19H25NO2. The minimum atomic E-state index is -0.564. The maximum Gasteiger partial charge on any atom is 0.226 e. The first-order chi connectivity index (χ1) is 10.5. The fourth-order valence-corrected chi connectivity index (χ4v) is 5.56. The van der Waals surface area contributed by atoms with Crippen LogP contribution in [-0.4, -0.2) is 16.6 Å². The van der Waals surface area contributed by atoms with E-state index in [1.807, 2.05) is 0 Å². The Morgan fingerprint density at radius 1 is 1.18 bits per heavy atom. The van der Waals surface area contributed by atoms with Crippen molar-refractivity contribution in [1.82, 2.24) is 5.32 Å². The normalized spacial score (nSPS) is 39.0. The van der Waals surface area contributed by atoms with Crippen molar-refractivity contribution in [1.29, 1.82) is 0 Å². The third-order valence-electron chi connectivity index (χ3n) is 6.09. The lowest BCUT2D eigenvalue weighted by molar-refractivity contribution is -0.178. The Hall–Kier alpha value is -1.35. The second kappa shape index (κ2) is 4.82. The van der Waals surface area contributed by atoms with Crippen molar-refractivity contribution in [2.45, 2.75) is 57.6 Å². The average molecular weight is 299 g/mol. The molecule has 22 heavy (non-hydrogen) atoms. The molecule has 118 valence electrons. The average Bonchev–Trinajstić information content (AvgIpc) is 2.43. The molecule has 3 nitrogen and oxygen atoms in total. The molecule has 0 saturated heterocycles. The summed E-state index contributed by atoms with van der Waals surface area (Å²) in [5.74, 6) is 1.27. The summed E-state index contributed by atoms with van der Waals surface area (Å²) in [5, 5.41) is 13.9. The van der Waals surface area contributed by atoms with Gasteiger partial charge < -0.3 is 10.4 Å².